The number of nitrogens with zero attached hydrogens (tertiary/aromatic N) is 2. The number of ether oxygens (including phenoxy) is 1. The predicted molar refractivity (Wildman–Crippen MR) is 132 cm³/mol. The largest absolute Gasteiger partial charge is 0.379 e. The second-order valence-electron chi connectivity index (χ2n) is 7.37. The molecule has 0 spiro atoms. The van der Waals surface area contributed by atoms with E-state index < -0.39 is 9.84 Å². The highest BCUT2D eigenvalue weighted by atomic mass is 127. The van der Waals surface area contributed by atoms with Gasteiger partial charge < -0.3 is 15.4 Å². The van der Waals surface area contributed by atoms with Crippen LogP contribution in [0.3, 0.4) is 0 Å². The number of hydrogen-bond donors (Lipinski definition) is 2. The van der Waals surface area contributed by atoms with Gasteiger partial charge in [-0.05, 0) is 43.3 Å². The number of halogens is 1. The maximum absolute atomic E-state index is 11.1. The van der Waals surface area contributed by atoms with Crippen LogP contribution in [0.5, 0.6) is 0 Å². The van der Waals surface area contributed by atoms with Gasteiger partial charge in [0, 0.05) is 31.3 Å². The molecule has 2 rings (SSSR count). The van der Waals surface area contributed by atoms with Crippen molar-refractivity contribution in [2.24, 2.45) is 10.9 Å². The van der Waals surface area contributed by atoms with Crippen LogP contribution in [0.25, 0.3) is 0 Å². The number of hydrogen-bond acceptors (Lipinski definition) is 6. The normalized spacial score (nSPS) is 17.6. The molecule has 0 aliphatic carbocycles. The van der Waals surface area contributed by atoms with Gasteiger partial charge in [-0.2, -0.15) is 0 Å². The first kappa shape index (κ1) is 26.6. The molecule has 0 amide bonds. The molecule has 29 heavy (non-hydrogen) atoms. The van der Waals surface area contributed by atoms with E-state index in [0.717, 1.165) is 31.5 Å². The standard InChI is InChI=1S/C19H34N4O3S2.HI/c1-16-6-9-23(10-7-16)17(18-5-4-13-27-18)15-22-19(20-2)21-8-11-26-12-14-28(3,24)25;/h4-5,13,16-17H,6-12,14-15H2,1-3H3,(H2,20,21,22);1H. The summed E-state index contributed by atoms with van der Waals surface area (Å²) in [7, 11) is -1.22. The summed E-state index contributed by atoms with van der Waals surface area (Å²) in [6, 6.07) is 4.67. The highest BCUT2D eigenvalue weighted by Gasteiger charge is 2.25. The van der Waals surface area contributed by atoms with Crippen LogP contribution in [0.2, 0.25) is 0 Å². The van der Waals surface area contributed by atoms with Crippen molar-refractivity contribution in [2.75, 3.05) is 58.4 Å². The highest BCUT2D eigenvalue weighted by molar-refractivity contribution is 14.0. The summed E-state index contributed by atoms with van der Waals surface area (Å²) in [5.41, 5.74) is 0. The van der Waals surface area contributed by atoms with E-state index in [2.05, 4.69) is 45.0 Å². The minimum Gasteiger partial charge on any atom is -0.379 e. The van der Waals surface area contributed by atoms with Crippen LogP contribution in [0, 0.1) is 5.92 Å². The average molecular weight is 559 g/mol. The quantitative estimate of drug-likeness (QED) is 0.199. The van der Waals surface area contributed by atoms with Crippen LogP contribution < -0.4 is 10.6 Å². The lowest BCUT2D eigenvalue weighted by molar-refractivity contribution is 0.140. The number of nitrogens with one attached hydrogen (secondary N) is 2. The lowest BCUT2D eigenvalue weighted by Crippen LogP contribution is -2.45. The number of rotatable bonds is 10. The lowest BCUT2D eigenvalue weighted by Gasteiger charge is -2.36. The maximum Gasteiger partial charge on any atom is 0.191 e. The van der Waals surface area contributed by atoms with Crippen LogP contribution in [0.1, 0.15) is 30.7 Å². The van der Waals surface area contributed by atoms with Crippen molar-refractivity contribution in [3.8, 4) is 0 Å². The molecule has 10 heteroatoms. The zero-order valence-electron chi connectivity index (χ0n) is 17.6. The first-order valence-electron chi connectivity index (χ1n) is 9.86. The molecular weight excluding hydrogens is 523 g/mol. The Morgan fingerprint density at radius 1 is 1.34 bits per heavy atom. The summed E-state index contributed by atoms with van der Waals surface area (Å²) < 4.78 is 27.5. The molecular formula is C19H35IN4O3S2. The van der Waals surface area contributed by atoms with Gasteiger partial charge in [-0.15, -0.1) is 35.3 Å². The van der Waals surface area contributed by atoms with Gasteiger partial charge in [0.1, 0.15) is 9.84 Å². The number of likely N-dealkylation sites (tertiary alicyclic amines) is 1. The summed E-state index contributed by atoms with van der Waals surface area (Å²) in [6.45, 7) is 6.63. The van der Waals surface area contributed by atoms with Gasteiger partial charge in [-0.1, -0.05) is 13.0 Å². The Morgan fingerprint density at radius 3 is 2.66 bits per heavy atom. The van der Waals surface area contributed by atoms with E-state index in [4.69, 9.17) is 4.74 Å². The second kappa shape index (κ2) is 13.8. The molecule has 1 aromatic rings. The van der Waals surface area contributed by atoms with Crippen LogP contribution in [0.4, 0.5) is 0 Å². The molecule has 0 bridgehead atoms. The van der Waals surface area contributed by atoms with Crippen LogP contribution in [0.15, 0.2) is 22.5 Å². The maximum atomic E-state index is 11.1. The Balaban J connectivity index is 0.00000420. The van der Waals surface area contributed by atoms with Gasteiger partial charge in [0.15, 0.2) is 5.96 Å². The predicted octanol–water partition coefficient (Wildman–Crippen LogP) is 2.37. The zero-order chi connectivity index (χ0) is 20.4. The average Bonchev–Trinajstić information content (AvgIpc) is 3.18. The third-order valence-corrected chi connectivity index (χ3v) is 6.84. The second-order valence-corrected chi connectivity index (χ2v) is 10.6. The molecule has 1 saturated heterocycles. The van der Waals surface area contributed by atoms with Crippen molar-refractivity contribution in [2.45, 2.75) is 25.8 Å². The Hall–Kier alpha value is -0.430. The fourth-order valence-electron chi connectivity index (χ4n) is 3.20. The Bertz CT molecular complexity index is 690. The van der Waals surface area contributed by atoms with Gasteiger partial charge in [-0.3, -0.25) is 9.89 Å². The molecule has 0 aromatic carbocycles. The highest BCUT2D eigenvalue weighted by Crippen LogP contribution is 2.28. The van der Waals surface area contributed by atoms with E-state index in [1.165, 1.54) is 24.0 Å². The molecule has 7 nitrogen and oxygen atoms in total. The number of piperidine rings is 1. The summed E-state index contributed by atoms with van der Waals surface area (Å²) in [5.74, 6) is 1.60. The smallest absolute Gasteiger partial charge is 0.191 e. The van der Waals surface area contributed by atoms with Gasteiger partial charge in [0.2, 0.25) is 0 Å². The first-order valence-corrected chi connectivity index (χ1v) is 12.8. The molecule has 1 aliphatic rings. The summed E-state index contributed by atoms with van der Waals surface area (Å²) in [5, 5.41) is 8.80. The van der Waals surface area contributed by atoms with Gasteiger partial charge >= 0.3 is 0 Å². The fraction of sp³-hybridized carbons (Fsp3) is 0.737. The van der Waals surface area contributed by atoms with Crippen LogP contribution >= 0.6 is 35.3 Å². The lowest BCUT2D eigenvalue weighted by atomic mass is 9.97. The molecule has 0 radical (unpaired) electrons. The van der Waals surface area contributed by atoms with E-state index >= 15 is 0 Å². The van der Waals surface area contributed by atoms with E-state index in [1.807, 2.05) is 0 Å². The van der Waals surface area contributed by atoms with Crippen LogP contribution in [-0.2, 0) is 14.6 Å². The SMILES string of the molecule is CN=C(NCCOCCS(C)(=O)=O)NCC(c1cccs1)N1CCC(C)CC1.I. The fourth-order valence-corrected chi connectivity index (χ4v) is 4.48. The Labute approximate surface area is 196 Å². The van der Waals surface area contributed by atoms with Gasteiger partial charge in [0.25, 0.3) is 0 Å². The summed E-state index contributed by atoms with van der Waals surface area (Å²) in [6.07, 6.45) is 3.72. The molecule has 1 unspecified atom stereocenters. The van der Waals surface area contributed by atoms with Gasteiger partial charge in [0.05, 0.1) is 25.0 Å². The van der Waals surface area contributed by atoms with Gasteiger partial charge in [-0.25, -0.2) is 8.42 Å². The third-order valence-electron chi connectivity index (χ3n) is 4.95. The molecule has 2 N–H and O–H groups in total. The summed E-state index contributed by atoms with van der Waals surface area (Å²) >= 11 is 1.80. The van der Waals surface area contributed by atoms with Crippen molar-refractivity contribution >= 4 is 51.1 Å². The number of aliphatic imine (C=N–C) groups is 1. The van der Waals surface area contributed by atoms with E-state index in [1.54, 1.807) is 18.4 Å². The van der Waals surface area contributed by atoms with Crippen molar-refractivity contribution in [3.05, 3.63) is 22.4 Å². The van der Waals surface area contributed by atoms with Crippen molar-refractivity contribution in [1.29, 1.82) is 0 Å². The molecule has 1 fully saturated rings. The minimum absolute atomic E-state index is 0. The molecule has 1 aromatic heterocycles. The van der Waals surface area contributed by atoms with E-state index in [0.29, 0.717) is 19.2 Å². The number of thiophene rings is 1. The first-order chi connectivity index (χ1) is 13.4. The molecule has 1 aliphatic heterocycles. The Morgan fingerprint density at radius 2 is 2.07 bits per heavy atom. The zero-order valence-corrected chi connectivity index (χ0v) is 21.6. The van der Waals surface area contributed by atoms with Crippen LogP contribution in [-0.4, -0.2) is 77.7 Å². The molecule has 168 valence electrons. The Kier molecular flexibility index (Phi) is 12.7. The summed E-state index contributed by atoms with van der Waals surface area (Å²) in [4.78, 5) is 8.23. The third kappa shape index (κ3) is 10.4. The molecule has 2 heterocycles. The van der Waals surface area contributed by atoms with Crippen molar-refractivity contribution in [1.82, 2.24) is 15.5 Å². The molecule has 1 atom stereocenters. The molecule has 0 saturated carbocycles. The minimum atomic E-state index is -2.97. The van der Waals surface area contributed by atoms with E-state index in [-0.39, 0.29) is 36.3 Å². The van der Waals surface area contributed by atoms with Crippen molar-refractivity contribution in [3.63, 3.8) is 0 Å². The number of guanidine groups is 1. The topological polar surface area (TPSA) is 83.0 Å². The monoisotopic (exact) mass is 558 g/mol. The van der Waals surface area contributed by atoms with Crippen molar-refractivity contribution < 1.29 is 13.2 Å². The number of sulfone groups is 1. The van der Waals surface area contributed by atoms with E-state index in [9.17, 15) is 8.42 Å².